The lowest BCUT2D eigenvalue weighted by Gasteiger charge is -2.24. The van der Waals surface area contributed by atoms with E-state index >= 15 is 0 Å². The molecule has 1 aliphatic rings. The number of aromatic nitrogens is 1. The zero-order valence-corrected chi connectivity index (χ0v) is 17.9. The summed E-state index contributed by atoms with van der Waals surface area (Å²) < 4.78 is 5.76. The van der Waals surface area contributed by atoms with Gasteiger partial charge in [0.05, 0.1) is 13.2 Å². The van der Waals surface area contributed by atoms with Gasteiger partial charge < -0.3 is 15.4 Å². The van der Waals surface area contributed by atoms with E-state index in [0.29, 0.717) is 23.8 Å². The number of halogens is 1. The first-order valence-corrected chi connectivity index (χ1v) is 9.37. The Hall–Kier alpha value is -0.700. The molecular formula is C17H29IN4OS. The van der Waals surface area contributed by atoms with E-state index < -0.39 is 0 Å². The predicted molar refractivity (Wildman–Crippen MR) is 114 cm³/mol. The average Bonchev–Trinajstić information content (AvgIpc) is 2.98. The number of guanidine groups is 1. The van der Waals surface area contributed by atoms with Crippen LogP contribution in [0.15, 0.2) is 23.3 Å². The summed E-state index contributed by atoms with van der Waals surface area (Å²) in [6, 6.07) is 3.93. The van der Waals surface area contributed by atoms with E-state index in [2.05, 4.69) is 46.2 Å². The smallest absolute Gasteiger partial charge is 0.213 e. The summed E-state index contributed by atoms with van der Waals surface area (Å²) in [5.41, 5.74) is 1.10. The number of nitrogens with zero attached hydrogens (tertiary/aromatic N) is 2. The minimum atomic E-state index is 0. The standard InChI is InChI=1S/C17H28N4OS.HI/c1-4-18-16(21-13-17(3)8-6-10-23-17)20-12-14-7-9-19-15(11-14)22-5-2;/h7,9,11H,4-6,8,10,12-13H2,1-3H3,(H2,18,20,21);1H. The highest BCUT2D eigenvalue weighted by Gasteiger charge is 2.29. The zero-order valence-electron chi connectivity index (χ0n) is 14.8. The minimum absolute atomic E-state index is 0. The van der Waals surface area contributed by atoms with Gasteiger partial charge in [-0.1, -0.05) is 0 Å². The van der Waals surface area contributed by atoms with Gasteiger partial charge in [-0.15, -0.1) is 24.0 Å². The number of nitrogens with one attached hydrogen (secondary N) is 2. The van der Waals surface area contributed by atoms with Crippen molar-refractivity contribution in [3.8, 4) is 5.88 Å². The fraction of sp³-hybridized carbons (Fsp3) is 0.647. The topological polar surface area (TPSA) is 58.5 Å². The quantitative estimate of drug-likeness (QED) is 0.368. The van der Waals surface area contributed by atoms with Crippen molar-refractivity contribution >= 4 is 41.7 Å². The minimum Gasteiger partial charge on any atom is -0.478 e. The number of rotatable bonds is 7. The van der Waals surface area contributed by atoms with Crippen molar-refractivity contribution in [3.63, 3.8) is 0 Å². The molecular weight excluding hydrogens is 435 g/mol. The van der Waals surface area contributed by atoms with Crippen molar-refractivity contribution in [2.45, 2.75) is 44.9 Å². The van der Waals surface area contributed by atoms with Crippen LogP contribution in [0.4, 0.5) is 0 Å². The number of hydrogen-bond donors (Lipinski definition) is 2. The molecule has 0 amide bonds. The van der Waals surface area contributed by atoms with Gasteiger partial charge in [0, 0.05) is 30.1 Å². The molecule has 1 fully saturated rings. The van der Waals surface area contributed by atoms with E-state index in [1.54, 1.807) is 6.20 Å². The van der Waals surface area contributed by atoms with Gasteiger partial charge in [0.2, 0.25) is 5.88 Å². The zero-order chi connectivity index (χ0) is 16.5. The third-order valence-electron chi connectivity index (χ3n) is 3.79. The number of hydrogen-bond acceptors (Lipinski definition) is 4. The molecule has 0 aromatic carbocycles. The van der Waals surface area contributed by atoms with Gasteiger partial charge in [0.25, 0.3) is 0 Å². The summed E-state index contributed by atoms with van der Waals surface area (Å²) >= 11 is 2.06. The Kier molecular flexibility index (Phi) is 9.80. The van der Waals surface area contributed by atoms with Gasteiger partial charge >= 0.3 is 0 Å². The predicted octanol–water partition coefficient (Wildman–Crippen LogP) is 3.44. The lowest BCUT2D eigenvalue weighted by molar-refractivity contribution is 0.326. The molecule has 2 N–H and O–H groups in total. The Balaban J connectivity index is 0.00000288. The largest absolute Gasteiger partial charge is 0.478 e. The molecule has 0 aliphatic carbocycles. The van der Waals surface area contributed by atoms with Crippen molar-refractivity contribution in [1.29, 1.82) is 0 Å². The van der Waals surface area contributed by atoms with Crippen LogP contribution in [0, 0.1) is 0 Å². The fourth-order valence-electron chi connectivity index (χ4n) is 2.53. The summed E-state index contributed by atoms with van der Waals surface area (Å²) in [5.74, 6) is 2.80. The SMILES string of the molecule is CCNC(=NCc1ccnc(OCC)c1)NCC1(C)CCCS1.I. The molecule has 0 bridgehead atoms. The van der Waals surface area contributed by atoms with E-state index in [0.717, 1.165) is 24.6 Å². The normalized spacial score (nSPS) is 20.4. The second kappa shape index (κ2) is 11.0. The third kappa shape index (κ3) is 7.04. The molecule has 0 saturated carbocycles. The first-order chi connectivity index (χ1) is 11.1. The van der Waals surface area contributed by atoms with E-state index in [9.17, 15) is 0 Å². The Morgan fingerprint density at radius 1 is 1.42 bits per heavy atom. The van der Waals surface area contributed by atoms with E-state index in [-0.39, 0.29) is 24.0 Å². The van der Waals surface area contributed by atoms with Crippen LogP contribution < -0.4 is 15.4 Å². The van der Waals surface area contributed by atoms with Crippen LogP contribution in [0.3, 0.4) is 0 Å². The highest BCUT2D eigenvalue weighted by molar-refractivity contribution is 14.0. The van der Waals surface area contributed by atoms with Crippen molar-refractivity contribution in [2.75, 3.05) is 25.4 Å². The summed E-state index contributed by atoms with van der Waals surface area (Å²) in [7, 11) is 0. The fourth-order valence-corrected chi connectivity index (χ4v) is 3.78. The number of thioether (sulfide) groups is 1. The van der Waals surface area contributed by atoms with Crippen LogP contribution in [0.25, 0.3) is 0 Å². The third-order valence-corrected chi connectivity index (χ3v) is 5.32. The van der Waals surface area contributed by atoms with Crippen LogP contribution in [0.5, 0.6) is 5.88 Å². The molecule has 1 aromatic heterocycles. The summed E-state index contributed by atoms with van der Waals surface area (Å²) in [5, 5.41) is 6.80. The Bertz CT molecular complexity index is 521. The molecule has 2 rings (SSSR count). The van der Waals surface area contributed by atoms with Gasteiger partial charge in [-0.05, 0) is 51.0 Å². The first kappa shape index (κ1) is 21.3. The van der Waals surface area contributed by atoms with Gasteiger partial charge in [0.1, 0.15) is 0 Å². The molecule has 0 radical (unpaired) electrons. The van der Waals surface area contributed by atoms with Crippen LogP contribution in [-0.2, 0) is 6.54 Å². The highest BCUT2D eigenvalue weighted by atomic mass is 127. The summed E-state index contributed by atoms with van der Waals surface area (Å²) in [6.45, 7) is 9.42. The molecule has 2 heterocycles. The van der Waals surface area contributed by atoms with Gasteiger partial charge in [0.15, 0.2) is 5.96 Å². The number of pyridine rings is 1. The summed E-state index contributed by atoms with van der Waals surface area (Å²) in [4.78, 5) is 8.86. The maximum absolute atomic E-state index is 5.44. The van der Waals surface area contributed by atoms with Crippen LogP contribution in [0.2, 0.25) is 0 Å². The van der Waals surface area contributed by atoms with E-state index in [1.807, 2.05) is 19.1 Å². The molecule has 1 saturated heterocycles. The Morgan fingerprint density at radius 3 is 2.92 bits per heavy atom. The van der Waals surface area contributed by atoms with E-state index in [4.69, 9.17) is 4.74 Å². The van der Waals surface area contributed by atoms with Crippen LogP contribution in [-0.4, -0.2) is 41.1 Å². The monoisotopic (exact) mass is 464 g/mol. The number of aliphatic imine (C=N–C) groups is 1. The molecule has 5 nitrogen and oxygen atoms in total. The van der Waals surface area contributed by atoms with Crippen LogP contribution in [0.1, 0.15) is 39.2 Å². The Morgan fingerprint density at radius 2 is 2.25 bits per heavy atom. The molecule has 7 heteroatoms. The van der Waals surface area contributed by atoms with Crippen LogP contribution >= 0.6 is 35.7 Å². The molecule has 1 aromatic rings. The molecule has 0 spiro atoms. The lowest BCUT2D eigenvalue weighted by Crippen LogP contribution is -2.43. The van der Waals surface area contributed by atoms with E-state index in [1.165, 1.54) is 18.6 Å². The molecule has 24 heavy (non-hydrogen) atoms. The molecule has 1 aliphatic heterocycles. The second-order valence-corrected chi connectivity index (χ2v) is 7.57. The van der Waals surface area contributed by atoms with Crippen molar-refractivity contribution in [3.05, 3.63) is 23.9 Å². The first-order valence-electron chi connectivity index (χ1n) is 8.39. The van der Waals surface area contributed by atoms with Crippen molar-refractivity contribution in [1.82, 2.24) is 15.6 Å². The van der Waals surface area contributed by atoms with Crippen molar-refractivity contribution in [2.24, 2.45) is 4.99 Å². The summed E-state index contributed by atoms with van der Waals surface area (Å²) in [6.07, 6.45) is 4.35. The van der Waals surface area contributed by atoms with Gasteiger partial charge in [-0.25, -0.2) is 9.98 Å². The number of ether oxygens (including phenoxy) is 1. The second-order valence-electron chi connectivity index (χ2n) is 5.89. The maximum Gasteiger partial charge on any atom is 0.213 e. The van der Waals surface area contributed by atoms with Gasteiger partial charge in [-0.2, -0.15) is 11.8 Å². The Labute approximate surface area is 166 Å². The maximum atomic E-state index is 5.44. The van der Waals surface area contributed by atoms with Crippen molar-refractivity contribution < 1.29 is 4.74 Å². The molecule has 1 unspecified atom stereocenters. The molecule has 136 valence electrons. The lowest BCUT2D eigenvalue weighted by atomic mass is 10.1. The highest BCUT2D eigenvalue weighted by Crippen LogP contribution is 2.36. The molecule has 1 atom stereocenters. The van der Waals surface area contributed by atoms with Gasteiger partial charge in [-0.3, -0.25) is 0 Å². The average molecular weight is 464 g/mol.